The van der Waals surface area contributed by atoms with Gasteiger partial charge in [0.25, 0.3) is 0 Å². The highest BCUT2D eigenvalue weighted by molar-refractivity contribution is 5.40. The Hall–Kier alpha value is -3.80. The molecule has 0 heterocycles. The topological polar surface area (TPSA) is 104 Å². The average molecular weight is 520 g/mol. The molecule has 0 atom stereocenters. The first-order chi connectivity index (χ1) is 18.4. The van der Waals surface area contributed by atoms with Gasteiger partial charge in [-0.1, -0.05) is 56.7 Å². The normalized spacial score (nSPS) is 14.4. The highest BCUT2D eigenvalue weighted by Gasteiger charge is 2.16. The molecule has 0 aromatic rings. The minimum absolute atomic E-state index is 0.191. The van der Waals surface area contributed by atoms with E-state index in [0.717, 1.165) is 23.1 Å². The average Bonchev–Trinajstić information content (AvgIpc) is 2.92. The lowest BCUT2D eigenvalue weighted by Gasteiger charge is -2.25. The van der Waals surface area contributed by atoms with Crippen molar-refractivity contribution in [2.45, 2.75) is 47.5 Å². The van der Waals surface area contributed by atoms with Crippen LogP contribution in [0.15, 0.2) is 110 Å². The second kappa shape index (κ2) is 21.3. The van der Waals surface area contributed by atoms with Gasteiger partial charge in [-0.3, -0.25) is 4.90 Å². The number of nitrogens with zero attached hydrogens (tertiary/aromatic N) is 4. The van der Waals surface area contributed by atoms with E-state index in [1.807, 2.05) is 46.8 Å². The van der Waals surface area contributed by atoms with Crippen molar-refractivity contribution in [1.29, 1.82) is 0 Å². The molecule has 0 amide bonds. The molecule has 0 aromatic heterocycles. The van der Waals surface area contributed by atoms with Crippen molar-refractivity contribution >= 4 is 0 Å². The number of allylic oxidation sites excluding steroid dienone is 8. The van der Waals surface area contributed by atoms with Crippen molar-refractivity contribution < 1.29 is 0 Å². The summed E-state index contributed by atoms with van der Waals surface area (Å²) in [7, 11) is 0. The van der Waals surface area contributed by atoms with Crippen LogP contribution in [-0.4, -0.2) is 37.6 Å². The van der Waals surface area contributed by atoms with E-state index >= 15 is 0 Å². The summed E-state index contributed by atoms with van der Waals surface area (Å²) in [6, 6.07) is 0. The van der Waals surface area contributed by atoms with Crippen LogP contribution in [0.25, 0.3) is 0 Å². The fourth-order valence-electron chi connectivity index (χ4n) is 3.62. The van der Waals surface area contributed by atoms with Gasteiger partial charge in [0.1, 0.15) is 17.1 Å². The van der Waals surface area contributed by atoms with Crippen molar-refractivity contribution in [3.63, 3.8) is 0 Å². The highest BCUT2D eigenvalue weighted by atomic mass is 16.3. The summed E-state index contributed by atoms with van der Waals surface area (Å²) in [5, 5.41) is 12.9. The summed E-state index contributed by atoms with van der Waals surface area (Å²) in [5.41, 5.74) is 4.09. The maximum absolute atomic E-state index is 11.6. The maximum Gasteiger partial charge on any atom is 0.113 e. The van der Waals surface area contributed by atoms with Crippen molar-refractivity contribution in [2.75, 3.05) is 32.7 Å². The monoisotopic (exact) mass is 519 g/mol. The van der Waals surface area contributed by atoms with E-state index in [9.17, 15) is 14.7 Å². The van der Waals surface area contributed by atoms with E-state index < -0.39 is 0 Å². The second-order valence-corrected chi connectivity index (χ2v) is 8.26. The van der Waals surface area contributed by atoms with Crippen molar-refractivity contribution in [3.05, 3.63) is 109 Å². The zero-order chi connectivity index (χ0) is 28.8. The fourth-order valence-corrected chi connectivity index (χ4v) is 3.62. The van der Waals surface area contributed by atoms with Crippen molar-refractivity contribution in [1.82, 2.24) is 10.2 Å². The van der Waals surface area contributed by atoms with E-state index in [0.29, 0.717) is 56.1 Å². The molecule has 204 valence electrons. The van der Waals surface area contributed by atoms with Crippen LogP contribution in [0.3, 0.4) is 0 Å². The SMILES string of the molecule is C#C/C=C(CN(CCNCC(/C(C)=C\C)=C(/C=C\C)N=O)CC(=C/CC)/C(=C\CC)N=O)\C(=C/C=C)N=O. The van der Waals surface area contributed by atoms with Gasteiger partial charge in [0.15, 0.2) is 0 Å². The molecule has 0 fully saturated rings. The molecule has 0 saturated heterocycles. The van der Waals surface area contributed by atoms with Crippen LogP contribution in [-0.2, 0) is 0 Å². The molecule has 8 nitrogen and oxygen atoms in total. The van der Waals surface area contributed by atoms with Gasteiger partial charge in [-0.05, 0) is 84.1 Å². The Labute approximate surface area is 227 Å². The number of hydrogen-bond donors (Lipinski definition) is 1. The van der Waals surface area contributed by atoms with Crippen LogP contribution in [0.2, 0.25) is 0 Å². The molecule has 0 aliphatic carbocycles. The van der Waals surface area contributed by atoms with E-state index in [2.05, 4.69) is 38.2 Å². The Bertz CT molecular complexity index is 1070. The van der Waals surface area contributed by atoms with Crippen molar-refractivity contribution in [2.24, 2.45) is 15.5 Å². The molecular weight excluding hydrogens is 478 g/mol. The molecule has 0 bridgehead atoms. The molecule has 0 saturated carbocycles. The van der Waals surface area contributed by atoms with E-state index in [1.54, 1.807) is 18.2 Å². The van der Waals surface area contributed by atoms with Crippen LogP contribution < -0.4 is 5.32 Å². The van der Waals surface area contributed by atoms with E-state index in [1.165, 1.54) is 18.2 Å². The van der Waals surface area contributed by atoms with Crippen LogP contribution in [0.4, 0.5) is 0 Å². The molecule has 0 radical (unpaired) electrons. The number of rotatable bonds is 19. The minimum atomic E-state index is 0.191. The van der Waals surface area contributed by atoms with Gasteiger partial charge in [-0.15, -0.1) is 21.1 Å². The number of nitroso groups, excluding NO2 is 3. The zero-order valence-electron chi connectivity index (χ0n) is 23.4. The predicted octanol–water partition coefficient (Wildman–Crippen LogP) is 7.23. The Morgan fingerprint density at radius 2 is 1.66 bits per heavy atom. The molecule has 38 heavy (non-hydrogen) atoms. The Balaban J connectivity index is 6.13. The Morgan fingerprint density at radius 1 is 1.00 bits per heavy atom. The van der Waals surface area contributed by atoms with Crippen LogP contribution in [0.5, 0.6) is 0 Å². The smallest absolute Gasteiger partial charge is 0.113 e. The summed E-state index contributed by atoms with van der Waals surface area (Å²) in [4.78, 5) is 36.6. The van der Waals surface area contributed by atoms with Gasteiger partial charge < -0.3 is 5.32 Å². The molecule has 0 spiro atoms. The van der Waals surface area contributed by atoms with Gasteiger partial charge in [-0.25, -0.2) is 0 Å². The van der Waals surface area contributed by atoms with Crippen LogP contribution in [0, 0.1) is 27.1 Å². The second-order valence-electron chi connectivity index (χ2n) is 8.26. The zero-order valence-corrected chi connectivity index (χ0v) is 23.4. The molecule has 0 rings (SSSR count). The van der Waals surface area contributed by atoms with Crippen LogP contribution >= 0.6 is 0 Å². The molecular formula is C30H41N5O3. The standard InChI is InChI=1S/C30H41N5O3/c1-8-14-25(28(32-36)16-10-3)22-35(23-26(15-9-2)29(33-37)17-11-4)20-19-31-21-27(24(7)13-6)30(34-38)18-12-5/h1,10,12-18,31H,3,9,11,19-23H2,2,4-7H3/b18-12-,24-13-,25-14-,26-15-,28-16+,29-17+,30-27+. The Kier molecular flexibility index (Phi) is 19.2. The van der Waals surface area contributed by atoms with Gasteiger partial charge in [-0.2, -0.15) is 0 Å². The summed E-state index contributed by atoms with van der Waals surface area (Å²) >= 11 is 0. The van der Waals surface area contributed by atoms with Crippen molar-refractivity contribution in [3.8, 4) is 12.3 Å². The van der Waals surface area contributed by atoms with Crippen LogP contribution in [0.1, 0.15) is 47.5 Å². The Morgan fingerprint density at radius 3 is 2.16 bits per heavy atom. The highest BCUT2D eigenvalue weighted by Crippen LogP contribution is 2.19. The number of hydrogen-bond acceptors (Lipinski definition) is 8. The summed E-state index contributed by atoms with van der Waals surface area (Å²) in [6.07, 6.45) is 20.6. The first-order valence-corrected chi connectivity index (χ1v) is 12.7. The molecule has 0 aliphatic heterocycles. The number of nitrogens with one attached hydrogen (secondary N) is 1. The van der Waals surface area contributed by atoms with Gasteiger partial charge >= 0.3 is 0 Å². The lowest BCUT2D eigenvalue weighted by atomic mass is 10.0. The van der Waals surface area contributed by atoms with Gasteiger partial charge in [0, 0.05) is 38.3 Å². The first-order valence-electron chi connectivity index (χ1n) is 12.7. The molecule has 0 aliphatic rings. The third-order valence-corrected chi connectivity index (χ3v) is 5.57. The largest absolute Gasteiger partial charge is 0.311 e. The summed E-state index contributed by atoms with van der Waals surface area (Å²) < 4.78 is 0. The molecule has 0 aromatic carbocycles. The lowest BCUT2D eigenvalue weighted by Crippen LogP contribution is -2.36. The maximum atomic E-state index is 11.6. The first kappa shape index (κ1) is 34.2. The quantitative estimate of drug-likeness (QED) is 0.0839. The van der Waals surface area contributed by atoms with E-state index in [-0.39, 0.29) is 5.70 Å². The predicted molar refractivity (Wildman–Crippen MR) is 160 cm³/mol. The summed E-state index contributed by atoms with van der Waals surface area (Å²) in [6.45, 7) is 15.5. The fraction of sp³-hybridized carbons (Fsp3) is 0.400. The van der Waals surface area contributed by atoms with E-state index in [4.69, 9.17) is 6.42 Å². The van der Waals surface area contributed by atoms with Gasteiger partial charge in [0.05, 0.1) is 0 Å². The third-order valence-electron chi connectivity index (χ3n) is 5.57. The third kappa shape index (κ3) is 12.4. The number of terminal acetylenes is 1. The summed E-state index contributed by atoms with van der Waals surface area (Å²) in [5.74, 6) is 2.48. The molecule has 8 heteroatoms. The minimum Gasteiger partial charge on any atom is -0.311 e. The van der Waals surface area contributed by atoms with Gasteiger partial charge in [0.2, 0.25) is 0 Å². The molecule has 0 unspecified atom stereocenters. The molecule has 1 N–H and O–H groups in total. The lowest BCUT2D eigenvalue weighted by molar-refractivity contribution is 0.322.